The largest absolute Gasteiger partial charge is 0.326 e. The van der Waals surface area contributed by atoms with Gasteiger partial charge in [-0.15, -0.1) is 0 Å². The zero-order chi connectivity index (χ0) is 14.5. The highest BCUT2D eigenvalue weighted by molar-refractivity contribution is 9.10. The van der Waals surface area contributed by atoms with Crippen molar-refractivity contribution in [2.24, 2.45) is 0 Å². The summed E-state index contributed by atoms with van der Waals surface area (Å²) in [6.07, 6.45) is 3.30. The van der Waals surface area contributed by atoms with Crippen molar-refractivity contribution >= 4 is 27.5 Å². The number of nitrogens with zero attached hydrogens (tertiary/aromatic N) is 2. The summed E-state index contributed by atoms with van der Waals surface area (Å²) in [5.41, 5.74) is 3.03. The molecule has 0 aliphatic rings. The molecule has 0 atom stereocenters. The fourth-order valence-electron chi connectivity index (χ4n) is 1.87. The van der Waals surface area contributed by atoms with E-state index in [4.69, 9.17) is 0 Å². The fourth-order valence-corrected chi connectivity index (χ4v) is 2.19. The highest BCUT2D eigenvalue weighted by Crippen LogP contribution is 2.14. The minimum atomic E-state index is -0.00137. The molecule has 1 aromatic heterocycles. The Labute approximate surface area is 127 Å². The van der Waals surface area contributed by atoms with Gasteiger partial charge in [0, 0.05) is 24.8 Å². The molecule has 0 unspecified atom stereocenters. The summed E-state index contributed by atoms with van der Waals surface area (Å²) in [4.78, 5) is 11.9. The Morgan fingerprint density at radius 2 is 2.05 bits per heavy atom. The van der Waals surface area contributed by atoms with Crippen LogP contribution in [0.2, 0.25) is 0 Å². The van der Waals surface area contributed by atoms with Crippen molar-refractivity contribution in [1.82, 2.24) is 9.78 Å². The van der Waals surface area contributed by atoms with Gasteiger partial charge in [-0.05, 0) is 47.0 Å². The van der Waals surface area contributed by atoms with Crippen molar-refractivity contribution in [2.45, 2.75) is 33.2 Å². The molecule has 0 fully saturated rings. The maximum atomic E-state index is 11.9. The summed E-state index contributed by atoms with van der Waals surface area (Å²) in [7, 11) is 0. The third kappa shape index (κ3) is 3.93. The van der Waals surface area contributed by atoms with Crippen molar-refractivity contribution in [2.75, 3.05) is 5.32 Å². The van der Waals surface area contributed by atoms with Crippen molar-refractivity contribution in [3.8, 4) is 0 Å². The number of rotatable bonds is 5. The van der Waals surface area contributed by atoms with Crippen molar-refractivity contribution in [3.63, 3.8) is 0 Å². The molecule has 20 heavy (non-hydrogen) atoms. The molecule has 0 aliphatic carbocycles. The molecule has 1 aromatic carbocycles. The topological polar surface area (TPSA) is 46.9 Å². The maximum Gasteiger partial charge on any atom is 0.226 e. The second-order valence-corrected chi connectivity index (χ2v) is 5.53. The standard InChI is InChI=1S/C15H18BrN3O/c1-3-12-4-6-13(7-5-12)17-15(20)8-9-19-10-14(16)11(2)18-19/h4-7,10H,3,8-9H2,1-2H3,(H,17,20). The van der Waals surface area contributed by atoms with Crippen LogP contribution in [-0.2, 0) is 17.8 Å². The number of anilines is 1. The van der Waals surface area contributed by atoms with Gasteiger partial charge in [-0.25, -0.2) is 0 Å². The summed E-state index contributed by atoms with van der Waals surface area (Å²) in [6, 6.07) is 7.93. The van der Waals surface area contributed by atoms with E-state index < -0.39 is 0 Å². The highest BCUT2D eigenvalue weighted by Gasteiger charge is 2.05. The molecule has 0 spiro atoms. The van der Waals surface area contributed by atoms with Gasteiger partial charge in [0.05, 0.1) is 10.2 Å². The van der Waals surface area contributed by atoms with Gasteiger partial charge < -0.3 is 5.32 Å². The van der Waals surface area contributed by atoms with E-state index in [1.165, 1.54) is 5.56 Å². The summed E-state index contributed by atoms with van der Waals surface area (Å²) in [5.74, 6) is -0.00137. The highest BCUT2D eigenvalue weighted by atomic mass is 79.9. The van der Waals surface area contributed by atoms with E-state index in [0.717, 1.165) is 22.3 Å². The van der Waals surface area contributed by atoms with Crippen LogP contribution in [0.25, 0.3) is 0 Å². The lowest BCUT2D eigenvalue weighted by atomic mass is 10.1. The number of carbonyl (C=O) groups excluding carboxylic acids is 1. The number of nitrogens with one attached hydrogen (secondary N) is 1. The third-order valence-electron chi connectivity index (χ3n) is 3.10. The Hall–Kier alpha value is -1.62. The summed E-state index contributed by atoms with van der Waals surface area (Å²) < 4.78 is 2.74. The van der Waals surface area contributed by atoms with Crippen LogP contribution < -0.4 is 5.32 Å². The van der Waals surface area contributed by atoms with Crippen molar-refractivity contribution in [3.05, 3.63) is 46.2 Å². The van der Waals surface area contributed by atoms with E-state index in [9.17, 15) is 4.79 Å². The fraction of sp³-hybridized carbons (Fsp3) is 0.333. The zero-order valence-electron chi connectivity index (χ0n) is 11.7. The van der Waals surface area contributed by atoms with Crippen LogP contribution >= 0.6 is 15.9 Å². The number of hydrogen-bond acceptors (Lipinski definition) is 2. The van der Waals surface area contributed by atoms with E-state index in [1.54, 1.807) is 4.68 Å². The quantitative estimate of drug-likeness (QED) is 0.908. The normalized spacial score (nSPS) is 10.6. The first-order chi connectivity index (χ1) is 9.58. The number of halogens is 1. The van der Waals surface area contributed by atoms with Gasteiger partial charge >= 0.3 is 0 Å². The second kappa shape index (κ2) is 6.70. The van der Waals surface area contributed by atoms with E-state index in [-0.39, 0.29) is 5.91 Å². The van der Waals surface area contributed by atoms with Gasteiger partial charge in [-0.1, -0.05) is 19.1 Å². The van der Waals surface area contributed by atoms with Gasteiger partial charge in [0.1, 0.15) is 0 Å². The second-order valence-electron chi connectivity index (χ2n) is 4.67. The molecular formula is C15H18BrN3O. The number of benzene rings is 1. The van der Waals surface area contributed by atoms with Crippen LogP contribution in [-0.4, -0.2) is 15.7 Å². The summed E-state index contributed by atoms with van der Waals surface area (Å²) in [5, 5.41) is 7.19. The molecular weight excluding hydrogens is 318 g/mol. The minimum Gasteiger partial charge on any atom is -0.326 e. The number of carbonyl (C=O) groups is 1. The van der Waals surface area contributed by atoms with E-state index in [2.05, 4.69) is 33.3 Å². The molecule has 5 heteroatoms. The van der Waals surface area contributed by atoms with Gasteiger partial charge in [0.25, 0.3) is 0 Å². The van der Waals surface area contributed by atoms with E-state index in [0.29, 0.717) is 13.0 Å². The smallest absolute Gasteiger partial charge is 0.226 e. The molecule has 1 amide bonds. The van der Waals surface area contributed by atoms with Crippen LogP contribution in [0.15, 0.2) is 34.9 Å². The Morgan fingerprint density at radius 3 is 2.60 bits per heavy atom. The Balaban J connectivity index is 1.85. The average Bonchev–Trinajstić information content (AvgIpc) is 2.76. The molecule has 0 bridgehead atoms. The molecule has 0 saturated carbocycles. The molecule has 2 aromatic rings. The molecule has 1 heterocycles. The Bertz CT molecular complexity index is 570. The first-order valence-corrected chi connectivity index (χ1v) is 7.46. The van der Waals surface area contributed by atoms with E-state index in [1.807, 2.05) is 37.4 Å². The lowest BCUT2D eigenvalue weighted by Crippen LogP contribution is -2.14. The van der Waals surface area contributed by atoms with Gasteiger partial charge in [-0.2, -0.15) is 5.10 Å². The maximum absolute atomic E-state index is 11.9. The molecule has 4 nitrogen and oxygen atoms in total. The van der Waals surface area contributed by atoms with Crippen LogP contribution in [0.5, 0.6) is 0 Å². The van der Waals surface area contributed by atoms with Crippen LogP contribution in [0.1, 0.15) is 24.6 Å². The molecule has 0 radical (unpaired) electrons. The first kappa shape index (κ1) is 14.8. The number of aromatic nitrogens is 2. The SMILES string of the molecule is CCc1ccc(NC(=O)CCn2cc(Br)c(C)n2)cc1. The van der Waals surface area contributed by atoms with Crippen LogP contribution in [0, 0.1) is 6.92 Å². The number of hydrogen-bond donors (Lipinski definition) is 1. The van der Waals surface area contributed by atoms with Crippen molar-refractivity contribution < 1.29 is 4.79 Å². The Morgan fingerprint density at radius 1 is 1.35 bits per heavy atom. The van der Waals surface area contributed by atoms with Crippen molar-refractivity contribution in [1.29, 1.82) is 0 Å². The van der Waals surface area contributed by atoms with Gasteiger partial charge in [0.15, 0.2) is 0 Å². The molecule has 2 rings (SSSR count). The predicted octanol–water partition coefficient (Wildman–Crippen LogP) is 3.55. The molecule has 106 valence electrons. The summed E-state index contributed by atoms with van der Waals surface area (Å²) >= 11 is 3.41. The first-order valence-electron chi connectivity index (χ1n) is 6.67. The average molecular weight is 336 g/mol. The van der Waals surface area contributed by atoms with Crippen LogP contribution in [0.4, 0.5) is 5.69 Å². The lowest BCUT2D eigenvalue weighted by molar-refractivity contribution is -0.116. The molecule has 0 aliphatic heterocycles. The zero-order valence-corrected chi connectivity index (χ0v) is 13.3. The van der Waals surface area contributed by atoms with Gasteiger partial charge in [-0.3, -0.25) is 9.48 Å². The molecule has 1 N–H and O–H groups in total. The lowest BCUT2D eigenvalue weighted by Gasteiger charge is -2.06. The predicted molar refractivity (Wildman–Crippen MR) is 83.7 cm³/mol. The summed E-state index contributed by atoms with van der Waals surface area (Å²) in [6.45, 7) is 4.61. The molecule has 0 saturated heterocycles. The van der Waals surface area contributed by atoms with Gasteiger partial charge in [0.2, 0.25) is 5.91 Å². The van der Waals surface area contributed by atoms with E-state index >= 15 is 0 Å². The minimum absolute atomic E-state index is 0.00137. The van der Waals surface area contributed by atoms with Crippen LogP contribution in [0.3, 0.4) is 0 Å². The monoisotopic (exact) mass is 335 g/mol. The number of amides is 1. The third-order valence-corrected chi connectivity index (χ3v) is 3.88. The number of aryl methyl sites for hydroxylation is 3. The Kier molecular flexibility index (Phi) is 4.95.